The molecule has 0 bridgehead atoms. The lowest BCUT2D eigenvalue weighted by Gasteiger charge is -2.20. The lowest BCUT2D eigenvalue weighted by Crippen LogP contribution is -2.30. The number of ether oxygens (including phenoxy) is 1. The van der Waals surface area contributed by atoms with Gasteiger partial charge in [-0.1, -0.05) is 0 Å². The molecular weight excluding hydrogens is 387 g/mol. The second-order valence-electron chi connectivity index (χ2n) is 6.31. The topological polar surface area (TPSA) is 79.0 Å². The van der Waals surface area contributed by atoms with E-state index in [1.807, 2.05) is 4.90 Å². The Morgan fingerprint density at radius 1 is 1.30 bits per heavy atom. The number of hydrogen-bond acceptors (Lipinski definition) is 5. The highest BCUT2D eigenvalue weighted by atomic mass is 32.2. The van der Waals surface area contributed by atoms with Crippen LogP contribution in [0.2, 0.25) is 0 Å². The summed E-state index contributed by atoms with van der Waals surface area (Å²) in [6.45, 7) is 0.595. The molecule has 2 fully saturated rings. The summed E-state index contributed by atoms with van der Waals surface area (Å²) in [5, 5.41) is 0. The van der Waals surface area contributed by atoms with E-state index in [1.165, 1.54) is 19.2 Å². The number of nitrogens with zero attached hydrogens (tertiary/aromatic N) is 2. The second-order valence-corrected chi connectivity index (χ2v) is 7.90. The lowest BCUT2D eigenvalue weighted by molar-refractivity contribution is -0.117. The first-order valence-corrected chi connectivity index (χ1v) is 9.60. The van der Waals surface area contributed by atoms with Crippen LogP contribution in [0.1, 0.15) is 12.0 Å². The zero-order valence-electron chi connectivity index (χ0n) is 14.5. The summed E-state index contributed by atoms with van der Waals surface area (Å²) >= 11 is 0. The predicted molar refractivity (Wildman–Crippen MR) is 91.4 cm³/mol. The van der Waals surface area contributed by atoms with Gasteiger partial charge < -0.3 is 4.74 Å². The molecule has 27 heavy (non-hydrogen) atoms. The smallest absolute Gasteiger partial charge is 0.326 e. The number of carbonyl (C=O) groups is 1. The molecule has 0 radical (unpaired) electrons. The summed E-state index contributed by atoms with van der Waals surface area (Å²) in [5.74, 6) is -1.64. The van der Waals surface area contributed by atoms with Crippen LogP contribution in [0.4, 0.5) is 18.9 Å². The van der Waals surface area contributed by atoms with Crippen LogP contribution >= 0.6 is 0 Å². The van der Waals surface area contributed by atoms with Crippen molar-refractivity contribution in [3.05, 3.63) is 35.2 Å². The molecular formula is C16H18F3N3O4S. The average Bonchev–Trinajstić information content (AvgIpc) is 3.16. The van der Waals surface area contributed by atoms with Crippen molar-refractivity contribution in [1.29, 1.82) is 0 Å². The quantitative estimate of drug-likeness (QED) is 0.802. The molecule has 1 aromatic rings. The van der Waals surface area contributed by atoms with Crippen molar-refractivity contribution in [3.63, 3.8) is 0 Å². The molecule has 1 aromatic carbocycles. The maximum Gasteiger partial charge on any atom is 0.326 e. The highest BCUT2D eigenvalue weighted by Crippen LogP contribution is 2.35. The minimum absolute atomic E-state index is 0.0260. The summed E-state index contributed by atoms with van der Waals surface area (Å²) in [5.41, 5.74) is 0.304. The molecule has 0 unspecified atom stereocenters. The standard InChI is InChI=1S/C16H18F3N3O4S/c1-26-13-7-10(2-4-21-5-3-11(8-21)16(18)19)6-12(17)15(13)22-9-14(23)20-27(22,24)25/h6-7H,2-5,8-9H2,1H3,(H,20,23). The van der Waals surface area contributed by atoms with E-state index >= 15 is 0 Å². The van der Waals surface area contributed by atoms with Gasteiger partial charge in [0.1, 0.15) is 18.0 Å². The minimum atomic E-state index is -4.17. The second kappa shape index (κ2) is 7.39. The van der Waals surface area contributed by atoms with Gasteiger partial charge in [-0.2, -0.15) is 17.2 Å². The van der Waals surface area contributed by atoms with Gasteiger partial charge >= 0.3 is 10.2 Å². The van der Waals surface area contributed by atoms with Gasteiger partial charge in [0.15, 0.2) is 5.82 Å². The number of halogens is 3. The minimum Gasteiger partial charge on any atom is -0.494 e. The van der Waals surface area contributed by atoms with Crippen LogP contribution in [-0.2, 0) is 21.4 Å². The maximum absolute atomic E-state index is 14.6. The number of anilines is 1. The Balaban J connectivity index is 1.79. The summed E-state index contributed by atoms with van der Waals surface area (Å²) in [4.78, 5) is 13.2. The lowest BCUT2D eigenvalue weighted by atomic mass is 10.1. The largest absolute Gasteiger partial charge is 0.494 e. The van der Waals surface area contributed by atoms with Crippen molar-refractivity contribution in [1.82, 2.24) is 9.62 Å². The van der Waals surface area contributed by atoms with E-state index in [1.54, 1.807) is 4.72 Å². The summed E-state index contributed by atoms with van der Waals surface area (Å²) < 4.78 is 71.3. The number of likely N-dealkylation sites (tertiary alicyclic amines) is 1. The van der Waals surface area contributed by atoms with E-state index in [9.17, 15) is 26.4 Å². The Morgan fingerprint density at radius 3 is 2.59 bits per heavy atom. The fourth-order valence-corrected chi connectivity index (χ4v) is 4.34. The molecule has 2 aliphatic rings. The number of hydrogen-bond donors (Lipinski definition) is 1. The van der Waals surface area contributed by atoms with Gasteiger partial charge in [-0.05, 0) is 30.5 Å². The first-order chi connectivity index (χ1) is 12.7. The average molecular weight is 405 g/mol. The first-order valence-electron chi connectivity index (χ1n) is 8.16. The molecule has 0 aromatic heterocycles. The maximum atomic E-state index is 14.6. The molecule has 148 valence electrons. The van der Waals surface area contributed by atoms with E-state index in [-0.39, 0.29) is 23.6 Å². The van der Waals surface area contributed by atoms with Gasteiger partial charge in [-0.3, -0.25) is 9.69 Å². The van der Waals surface area contributed by atoms with Crippen molar-refractivity contribution in [3.8, 4) is 5.75 Å². The van der Waals surface area contributed by atoms with E-state index in [2.05, 4.69) is 0 Å². The van der Waals surface area contributed by atoms with Crippen LogP contribution in [0.3, 0.4) is 0 Å². The highest BCUT2D eigenvalue weighted by molar-refractivity contribution is 7.92. The SMILES string of the molecule is COc1cc(CCN2CCC(=C(F)F)C2)cc(F)c1N1CC(=O)NS1(=O)=O. The van der Waals surface area contributed by atoms with E-state index in [4.69, 9.17) is 4.74 Å². The summed E-state index contributed by atoms with van der Waals surface area (Å²) in [6.07, 6.45) is -0.963. The van der Waals surface area contributed by atoms with E-state index < -0.39 is 34.6 Å². The number of methoxy groups -OCH3 is 1. The molecule has 0 aliphatic carbocycles. The molecule has 3 rings (SSSR count). The third-order valence-corrected chi connectivity index (χ3v) is 5.88. The van der Waals surface area contributed by atoms with Crippen molar-refractivity contribution in [2.45, 2.75) is 12.8 Å². The Labute approximate surface area is 154 Å². The monoisotopic (exact) mass is 405 g/mol. The van der Waals surface area contributed by atoms with Crippen LogP contribution in [0, 0.1) is 5.82 Å². The Morgan fingerprint density at radius 2 is 2.04 bits per heavy atom. The van der Waals surface area contributed by atoms with Gasteiger partial charge in [-0.25, -0.2) is 13.4 Å². The number of nitrogens with one attached hydrogen (secondary N) is 1. The van der Waals surface area contributed by atoms with Gasteiger partial charge in [0.05, 0.1) is 7.11 Å². The molecule has 2 heterocycles. The summed E-state index contributed by atoms with van der Waals surface area (Å²) in [6, 6.07) is 2.65. The van der Waals surface area contributed by atoms with Gasteiger partial charge in [-0.15, -0.1) is 0 Å². The normalized spacial score (nSPS) is 19.5. The third-order valence-electron chi connectivity index (χ3n) is 4.51. The van der Waals surface area contributed by atoms with Crippen molar-refractivity contribution in [2.75, 3.05) is 37.6 Å². The molecule has 11 heteroatoms. The molecule has 0 atom stereocenters. The first kappa shape index (κ1) is 19.5. The van der Waals surface area contributed by atoms with Crippen LogP contribution in [0.5, 0.6) is 5.75 Å². The zero-order valence-corrected chi connectivity index (χ0v) is 15.3. The van der Waals surface area contributed by atoms with Crippen molar-refractivity contribution >= 4 is 21.8 Å². The van der Waals surface area contributed by atoms with Crippen LogP contribution < -0.4 is 13.8 Å². The van der Waals surface area contributed by atoms with E-state index in [0.29, 0.717) is 35.8 Å². The molecule has 0 saturated carbocycles. The fourth-order valence-electron chi connectivity index (χ4n) is 3.17. The number of benzene rings is 1. The molecule has 1 N–H and O–H groups in total. The zero-order chi connectivity index (χ0) is 19.8. The Kier molecular flexibility index (Phi) is 5.33. The molecule has 1 amide bonds. The Hall–Kier alpha value is -2.27. The molecule has 2 saturated heterocycles. The molecule has 2 aliphatic heterocycles. The number of rotatable bonds is 5. The van der Waals surface area contributed by atoms with Crippen LogP contribution in [-0.4, -0.2) is 52.5 Å². The Bertz CT molecular complexity index is 900. The third kappa shape index (κ3) is 4.03. The van der Waals surface area contributed by atoms with Crippen LogP contribution in [0.25, 0.3) is 0 Å². The van der Waals surface area contributed by atoms with E-state index in [0.717, 1.165) is 0 Å². The predicted octanol–water partition coefficient (Wildman–Crippen LogP) is 1.41. The number of carbonyl (C=O) groups excluding carboxylic acids is 1. The highest BCUT2D eigenvalue weighted by Gasteiger charge is 2.37. The van der Waals surface area contributed by atoms with Crippen molar-refractivity contribution < 1.29 is 31.1 Å². The van der Waals surface area contributed by atoms with Gasteiger partial charge in [0.2, 0.25) is 0 Å². The summed E-state index contributed by atoms with van der Waals surface area (Å²) in [7, 11) is -2.90. The van der Waals surface area contributed by atoms with Crippen LogP contribution in [0.15, 0.2) is 23.8 Å². The van der Waals surface area contributed by atoms with Gasteiger partial charge in [0, 0.05) is 25.2 Å². The molecule has 7 nitrogen and oxygen atoms in total. The van der Waals surface area contributed by atoms with Crippen molar-refractivity contribution in [2.24, 2.45) is 0 Å². The molecule has 0 spiro atoms. The fraction of sp³-hybridized carbons (Fsp3) is 0.438. The number of amides is 1. The van der Waals surface area contributed by atoms with Gasteiger partial charge in [0.25, 0.3) is 12.0 Å².